The van der Waals surface area contributed by atoms with E-state index in [9.17, 15) is 13.2 Å². The Labute approximate surface area is 190 Å². The summed E-state index contributed by atoms with van der Waals surface area (Å²) < 4.78 is 29.9. The molecule has 6 nitrogen and oxygen atoms in total. The lowest BCUT2D eigenvalue weighted by atomic mass is 10.2. The third kappa shape index (κ3) is 5.04. The summed E-state index contributed by atoms with van der Waals surface area (Å²) in [4.78, 5) is 17.2. The van der Waals surface area contributed by atoms with Crippen LogP contribution in [0.25, 0.3) is 11.3 Å². The largest absolute Gasteiger partial charge is 0.457 e. The zero-order chi connectivity index (χ0) is 22.6. The Morgan fingerprint density at radius 3 is 2.41 bits per heavy atom. The first-order valence-electron chi connectivity index (χ1n) is 9.87. The molecule has 0 saturated carbocycles. The van der Waals surface area contributed by atoms with E-state index in [4.69, 9.17) is 4.74 Å². The van der Waals surface area contributed by atoms with Crippen LogP contribution in [-0.4, -0.2) is 25.1 Å². The summed E-state index contributed by atoms with van der Waals surface area (Å²) in [6.45, 7) is 1.57. The maximum absolute atomic E-state index is 12.6. The predicted molar refractivity (Wildman–Crippen MR) is 126 cm³/mol. The number of nitrogens with one attached hydrogen (secondary N) is 1. The molecule has 32 heavy (non-hydrogen) atoms. The second-order valence-corrected chi connectivity index (χ2v) is 10.00. The van der Waals surface area contributed by atoms with E-state index >= 15 is 0 Å². The second-order valence-electron chi connectivity index (χ2n) is 6.86. The van der Waals surface area contributed by atoms with Crippen LogP contribution in [0, 0.1) is 0 Å². The lowest BCUT2D eigenvalue weighted by Gasteiger charge is -2.06. The van der Waals surface area contributed by atoms with Gasteiger partial charge in [0.1, 0.15) is 11.5 Å². The number of amides is 1. The molecule has 162 valence electrons. The number of anilines is 1. The summed E-state index contributed by atoms with van der Waals surface area (Å²) in [6.07, 6.45) is 0. The average Bonchev–Trinajstić information content (AvgIpc) is 3.29. The van der Waals surface area contributed by atoms with Gasteiger partial charge in [-0.3, -0.25) is 10.1 Å². The molecule has 1 amide bonds. The molecule has 1 heterocycles. The number of ether oxygens (including phenoxy) is 1. The molecule has 0 aliphatic rings. The number of aromatic nitrogens is 1. The number of sulfone groups is 1. The Bertz CT molecular complexity index is 1330. The van der Waals surface area contributed by atoms with E-state index < -0.39 is 15.7 Å². The molecule has 8 heteroatoms. The first-order valence-corrected chi connectivity index (χ1v) is 12.4. The Kier molecular flexibility index (Phi) is 6.34. The molecule has 0 spiro atoms. The molecular weight excluding hydrogens is 444 g/mol. The predicted octanol–water partition coefficient (Wildman–Crippen LogP) is 5.65. The number of rotatable bonds is 7. The topological polar surface area (TPSA) is 85.4 Å². The first kappa shape index (κ1) is 21.7. The smallest absolute Gasteiger partial charge is 0.257 e. The average molecular weight is 465 g/mol. The fourth-order valence-corrected chi connectivity index (χ4v) is 4.59. The molecule has 0 aliphatic heterocycles. The molecule has 0 fully saturated rings. The fourth-order valence-electron chi connectivity index (χ4n) is 2.95. The summed E-state index contributed by atoms with van der Waals surface area (Å²) in [5.74, 6) is 1.04. The van der Waals surface area contributed by atoms with Gasteiger partial charge in [-0.1, -0.05) is 31.2 Å². The van der Waals surface area contributed by atoms with Crippen LogP contribution in [0.1, 0.15) is 17.3 Å². The highest BCUT2D eigenvalue weighted by molar-refractivity contribution is 7.91. The van der Waals surface area contributed by atoms with Gasteiger partial charge in [0, 0.05) is 16.5 Å². The van der Waals surface area contributed by atoms with Gasteiger partial charge in [-0.15, -0.1) is 11.3 Å². The normalized spacial score (nSPS) is 11.2. The van der Waals surface area contributed by atoms with Crippen molar-refractivity contribution in [2.45, 2.75) is 11.8 Å². The number of carbonyl (C=O) groups excluding carboxylic acids is 1. The van der Waals surface area contributed by atoms with Crippen molar-refractivity contribution in [1.29, 1.82) is 0 Å². The van der Waals surface area contributed by atoms with E-state index in [1.807, 2.05) is 60.0 Å². The van der Waals surface area contributed by atoms with Crippen LogP contribution in [0.3, 0.4) is 0 Å². The van der Waals surface area contributed by atoms with E-state index in [1.165, 1.54) is 23.5 Å². The highest BCUT2D eigenvalue weighted by Gasteiger charge is 2.15. The van der Waals surface area contributed by atoms with Gasteiger partial charge in [-0.2, -0.15) is 0 Å². The third-order valence-electron chi connectivity index (χ3n) is 4.69. The Balaban J connectivity index is 1.45. The van der Waals surface area contributed by atoms with Gasteiger partial charge in [0.05, 0.1) is 16.3 Å². The van der Waals surface area contributed by atoms with E-state index in [-0.39, 0.29) is 16.2 Å². The number of nitrogens with zero attached hydrogens (tertiary/aromatic N) is 1. The second kappa shape index (κ2) is 9.33. The van der Waals surface area contributed by atoms with Crippen LogP contribution >= 0.6 is 11.3 Å². The summed E-state index contributed by atoms with van der Waals surface area (Å²) in [5.41, 5.74) is 1.87. The molecule has 1 aromatic heterocycles. The van der Waals surface area contributed by atoms with Crippen molar-refractivity contribution >= 4 is 32.2 Å². The molecule has 3 aromatic carbocycles. The summed E-state index contributed by atoms with van der Waals surface area (Å²) in [6, 6.07) is 23.0. The van der Waals surface area contributed by atoms with Crippen molar-refractivity contribution < 1.29 is 17.9 Å². The lowest BCUT2D eigenvalue weighted by Crippen LogP contribution is -2.13. The number of hydrogen-bond donors (Lipinski definition) is 1. The molecule has 4 aromatic rings. The molecule has 0 bridgehead atoms. The van der Waals surface area contributed by atoms with Crippen molar-refractivity contribution in [2.75, 3.05) is 11.1 Å². The van der Waals surface area contributed by atoms with Gasteiger partial charge in [-0.25, -0.2) is 13.4 Å². The van der Waals surface area contributed by atoms with Gasteiger partial charge in [-0.05, 0) is 54.6 Å². The molecule has 0 atom stereocenters. The standard InChI is InChI=1S/C24H20N2O4S2/c1-2-32(28,29)21-10-6-7-18(15-21)23(27)26-24-25-22(16-31-24)17-11-13-20(14-12-17)30-19-8-4-3-5-9-19/h3-16H,2H2,1H3,(H,25,26,27). The number of para-hydroxylation sites is 1. The minimum Gasteiger partial charge on any atom is -0.457 e. The van der Waals surface area contributed by atoms with Crippen LogP contribution < -0.4 is 10.1 Å². The number of benzene rings is 3. The number of carbonyl (C=O) groups is 1. The Morgan fingerprint density at radius 2 is 1.69 bits per heavy atom. The summed E-state index contributed by atoms with van der Waals surface area (Å²) in [7, 11) is -3.39. The molecule has 0 unspecified atom stereocenters. The van der Waals surface area contributed by atoms with E-state index in [1.54, 1.807) is 19.1 Å². The molecule has 4 rings (SSSR count). The molecule has 0 saturated heterocycles. The van der Waals surface area contributed by atoms with Crippen molar-refractivity contribution in [2.24, 2.45) is 0 Å². The van der Waals surface area contributed by atoms with Gasteiger partial charge >= 0.3 is 0 Å². The summed E-state index contributed by atoms with van der Waals surface area (Å²) >= 11 is 1.30. The van der Waals surface area contributed by atoms with Crippen molar-refractivity contribution in [3.8, 4) is 22.8 Å². The van der Waals surface area contributed by atoms with Crippen LogP contribution in [0.15, 0.2) is 89.1 Å². The van der Waals surface area contributed by atoms with Crippen LogP contribution in [0.4, 0.5) is 5.13 Å². The minimum absolute atomic E-state index is 0.0247. The highest BCUT2D eigenvalue weighted by Crippen LogP contribution is 2.28. The van der Waals surface area contributed by atoms with Crippen LogP contribution in [-0.2, 0) is 9.84 Å². The first-order chi connectivity index (χ1) is 15.4. The molecule has 0 aliphatic carbocycles. The molecule has 1 N–H and O–H groups in total. The third-order valence-corrected chi connectivity index (χ3v) is 7.18. The van der Waals surface area contributed by atoms with E-state index in [2.05, 4.69) is 10.3 Å². The highest BCUT2D eigenvalue weighted by atomic mass is 32.2. The van der Waals surface area contributed by atoms with Crippen molar-refractivity contribution in [3.63, 3.8) is 0 Å². The van der Waals surface area contributed by atoms with Gasteiger partial charge in [0.2, 0.25) is 0 Å². The molecule has 0 radical (unpaired) electrons. The SMILES string of the molecule is CCS(=O)(=O)c1cccc(C(=O)Nc2nc(-c3ccc(Oc4ccccc4)cc3)cs2)c1. The zero-order valence-corrected chi connectivity index (χ0v) is 18.8. The van der Waals surface area contributed by atoms with Crippen molar-refractivity contribution in [1.82, 2.24) is 4.98 Å². The maximum atomic E-state index is 12.6. The quantitative estimate of drug-likeness (QED) is 0.382. The van der Waals surface area contributed by atoms with Gasteiger partial charge in [0.15, 0.2) is 15.0 Å². The lowest BCUT2D eigenvalue weighted by molar-refractivity contribution is 0.102. The van der Waals surface area contributed by atoms with E-state index in [0.717, 1.165) is 17.0 Å². The maximum Gasteiger partial charge on any atom is 0.257 e. The fraction of sp³-hybridized carbons (Fsp3) is 0.0833. The minimum atomic E-state index is -3.39. The Hall–Kier alpha value is -3.49. The van der Waals surface area contributed by atoms with Gasteiger partial charge in [0.25, 0.3) is 5.91 Å². The van der Waals surface area contributed by atoms with Crippen molar-refractivity contribution in [3.05, 3.63) is 89.8 Å². The van der Waals surface area contributed by atoms with Crippen LogP contribution in [0.2, 0.25) is 0 Å². The molecular formula is C24H20N2O4S2. The number of thiazole rings is 1. The summed E-state index contributed by atoms with van der Waals surface area (Å²) in [5, 5.41) is 5.01. The van der Waals surface area contributed by atoms with E-state index in [0.29, 0.717) is 10.9 Å². The zero-order valence-electron chi connectivity index (χ0n) is 17.2. The van der Waals surface area contributed by atoms with Gasteiger partial charge < -0.3 is 4.74 Å². The Morgan fingerprint density at radius 1 is 0.969 bits per heavy atom. The monoisotopic (exact) mass is 464 g/mol. The van der Waals surface area contributed by atoms with Crippen LogP contribution in [0.5, 0.6) is 11.5 Å². The number of hydrogen-bond acceptors (Lipinski definition) is 6.